The fourth-order valence-corrected chi connectivity index (χ4v) is 11.9. The summed E-state index contributed by atoms with van der Waals surface area (Å²) >= 11 is 0. The van der Waals surface area contributed by atoms with E-state index >= 15 is 0 Å². The van der Waals surface area contributed by atoms with E-state index in [1.807, 2.05) is 0 Å². The van der Waals surface area contributed by atoms with Crippen LogP contribution in [0.2, 0.25) is 0 Å². The zero-order valence-electron chi connectivity index (χ0n) is 35.3. The van der Waals surface area contributed by atoms with Crippen LogP contribution in [0.5, 0.6) is 0 Å². The molecule has 1 N–H and O–H groups in total. The van der Waals surface area contributed by atoms with E-state index in [1.165, 1.54) is 102 Å². The number of furan rings is 1. The van der Waals surface area contributed by atoms with Crippen molar-refractivity contribution in [3.8, 4) is 22.3 Å². The molecule has 3 nitrogen and oxygen atoms in total. The molecule has 2 aliphatic carbocycles. The molecule has 1 fully saturated rings. The Hall–Kier alpha value is -5.74. The van der Waals surface area contributed by atoms with Crippen LogP contribution in [0.4, 0.5) is 22.7 Å². The number of hydrogen-bond donors (Lipinski definition) is 1. The Morgan fingerprint density at radius 2 is 1.36 bits per heavy atom. The second kappa shape index (κ2) is 11.7. The molecule has 1 radical (unpaired) electrons. The lowest BCUT2D eigenvalue weighted by Crippen LogP contribution is -2.57. The van der Waals surface area contributed by atoms with Crippen molar-refractivity contribution >= 4 is 73.7 Å². The smallest absolute Gasteiger partial charge is 0.198 e. The minimum Gasteiger partial charge on any atom is -0.454 e. The molecule has 289 valence electrons. The first kappa shape index (κ1) is 35.2. The normalized spacial score (nSPS) is 20.9. The molecule has 0 bridgehead atoms. The summed E-state index contributed by atoms with van der Waals surface area (Å²) in [6, 6.07) is 45.6. The van der Waals surface area contributed by atoms with Crippen molar-refractivity contribution < 1.29 is 4.42 Å². The van der Waals surface area contributed by atoms with Crippen molar-refractivity contribution in [3.63, 3.8) is 0 Å². The molecule has 4 aliphatic rings. The van der Waals surface area contributed by atoms with Gasteiger partial charge in [-0.2, -0.15) is 0 Å². The first-order valence-electron chi connectivity index (χ1n) is 21.7. The topological polar surface area (TPSA) is 28.4 Å². The number of rotatable bonds is 3. The van der Waals surface area contributed by atoms with E-state index < -0.39 is 0 Å². The maximum atomic E-state index is 7.06. The van der Waals surface area contributed by atoms with Gasteiger partial charge in [0.25, 0.3) is 0 Å². The van der Waals surface area contributed by atoms with Crippen LogP contribution in [0, 0.1) is 0 Å². The zero-order chi connectivity index (χ0) is 40.2. The van der Waals surface area contributed by atoms with Gasteiger partial charge in [0.05, 0.1) is 11.2 Å². The van der Waals surface area contributed by atoms with Gasteiger partial charge >= 0.3 is 0 Å². The van der Waals surface area contributed by atoms with Crippen LogP contribution in [0.15, 0.2) is 126 Å². The molecule has 4 heteroatoms. The minimum absolute atomic E-state index is 0.00292. The summed E-state index contributed by atoms with van der Waals surface area (Å²) in [6.45, 7) is 16.9. The minimum atomic E-state index is -0.119. The summed E-state index contributed by atoms with van der Waals surface area (Å²) in [5.74, 6) is 0. The molecule has 2 aliphatic heterocycles. The Labute approximate surface area is 348 Å². The lowest BCUT2D eigenvalue weighted by molar-refractivity contribution is 0.195. The molecule has 0 amide bonds. The summed E-state index contributed by atoms with van der Waals surface area (Å²) in [6.07, 6.45) is 4.79. The quantitative estimate of drug-likeness (QED) is 0.182. The van der Waals surface area contributed by atoms with E-state index in [0.29, 0.717) is 0 Å². The van der Waals surface area contributed by atoms with Crippen molar-refractivity contribution in [1.82, 2.24) is 0 Å². The zero-order valence-corrected chi connectivity index (χ0v) is 35.3. The second-order valence-corrected chi connectivity index (χ2v) is 20.0. The number of benzene rings is 7. The van der Waals surface area contributed by atoms with Gasteiger partial charge in [-0.05, 0) is 117 Å². The predicted molar refractivity (Wildman–Crippen MR) is 250 cm³/mol. The number of nitrogens with zero attached hydrogens (tertiary/aromatic N) is 1. The number of fused-ring (bicyclic) bond motifs is 13. The van der Waals surface area contributed by atoms with Gasteiger partial charge in [-0.1, -0.05) is 145 Å². The molecule has 0 saturated heterocycles. The molecule has 2 atom stereocenters. The van der Waals surface area contributed by atoms with Gasteiger partial charge in [-0.3, -0.25) is 0 Å². The highest BCUT2D eigenvalue weighted by atomic mass is 16.3. The largest absolute Gasteiger partial charge is 0.454 e. The average molecular weight is 766 g/mol. The van der Waals surface area contributed by atoms with Crippen LogP contribution in [0.25, 0.3) is 55.0 Å². The summed E-state index contributed by atoms with van der Waals surface area (Å²) < 4.78 is 7.06. The molecule has 3 heterocycles. The predicted octanol–water partition coefficient (Wildman–Crippen LogP) is 13.5. The molecule has 1 saturated carbocycles. The summed E-state index contributed by atoms with van der Waals surface area (Å²) in [7, 11) is 2.51. The van der Waals surface area contributed by atoms with Crippen LogP contribution >= 0.6 is 0 Å². The Morgan fingerprint density at radius 1 is 0.627 bits per heavy atom. The summed E-state index contributed by atoms with van der Waals surface area (Å²) in [4.78, 5) is 2.78. The van der Waals surface area contributed by atoms with E-state index in [1.54, 1.807) is 0 Å². The van der Waals surface area contributed by atoms with Crippen molar-refractivity contribution in [1.29, 1.82) is 0 Å². The molecular formula is C55H50BN2O. The van der Waals surface area contributed by atoms with Gasteiger partial charge in [-0.25, -0.2) is 0 Å². The van der Waals surface area contributed by atoms with Crippen molar-refractivity contribution in [3.05, 3.63) is 144 Å². The molecular weight excluding hydrogens is 715 g/mol. The molecule has 8 aromatic rings. The molecule has 2 unspecified atom stereocenters. The lowest BCUT2D eigenvalue weighted by Gasteiger charge is -2.51. The SMILES string of the molecule is CC(C)(C)c1cc2c3c(c1)C1(C)CCCCC1(C)N3c1c(c(-c3cc4ccccc4cc3Nc3ccc4c(c3)C(C)(C)c3ccccc3-4)cc3c1oc1ccccc13)[B]2. The number of para-hydroxylation sites is 1. The highest BCUT2D eigenvalue weighted by Crippen LogP contribution is 2.62. The monoisotopic (exact) mass is 765 g/mol. The van der Waals surface area contributed by atoms with Gasteiger partial charge in [0, 0.05) is 44.2 Å². The molecule has 59 heavy (non-hydrogen) atoms. The van der Waals surface area contributed by atoms with Gasteiger partial charge in [0.15, 0.2) is 12.9 Å². The second-order valence-electron chi connectivity index (χ2n) is 20.0. The van der Waals surface area contributed by atoms with Crippen molar-refractivity contribution in [2.75, 3.05) is 10.2 Å². The average Bonchev–Trinajstić information content (AvgIpc) is 3.79. The van der Waals surface area contributed by atoms with Gasteiger partial charge in [0.1, 0.15) is 5.58 Å². The van der Waals surface area contributed by atoms with Crippen LogP contribution < -0.4 is 21.1 Å². The maximum Gasteiger partial charge on any atom is 0.198 e. The first-order valence-corrected chi connectivity index (χ1v) is 21.7. The summed E-state index contributed by atoms with van der Waals surface area (Å²) in [5, 5.41) is 8.81. The highest BCUT2D eigenvalue weighted by molar-refractivity contribution is 6.74. The summed E-state index contributed by atoms with van der Waals surface area (Å²) in [5.41, 5.74) is 19.9. The van der Waals surface area contributed by atoms with Crippen molar-refractivity contribution in [2.24, 2.45) is 0 Å². The van der Waals surface area contributed by atoms with Crippen molar-refractivity contribution in [2.45, 2.75) is 95.9 Å². The Kier molecular flexibility index (Phi) is 7.00. The fourth-order valence-electron chi connectivity index (χ4n) is 11.9. The van der Waals surface area contributed by atoms with Gasteiger partial charge in [-0.15, -0.1) is 0 Å². The number of anilines is 4. The van der Waals surface area contributed by atoms with Crippen LogP contribution in [0.1, 0.15) is 96.4 Å². The van der Waals surface area contributed by atoms with Crippen LogP contribution in [-0.2, 0) is 16.2 Å². The van der Waals surface area contributed by atoms with E-state index in [-0.39, 0.29) is 21.8 Å². The molecule has 0 spiro atoms. The van der Waals surface area contributed by atoms with Crippen LogP contribution in [0.3, 0.4) is 0 Å². The number of nitrogens with one attached hydrogen (secondary N) is 1. The first-order chi connectivity index (χ1) is 28.3. The molecule has 12 rings (SSSR count). The molecule has 1 aromatic heterocycles. The highest BCUT2D eigenvalue weighted by Gasteiger charge is 2.60. The van der Waals surface area contributed by atoms with E-state index in [4.69, 9.17) is 4.42 Å². The lowest BCUT2D eigenvalue weighted by atomic mass is 9.57. The maximum absolute atomic E-state index is 7.06. The standard InChI is InChI=1S/C55H50BN2O/c1-52(2,3)34-28-44-49-45(29-34)56-48-40(31-41-38-19-11-13-21-47(38)59-51(41)50(48)58(49)55(7)25-15-14-24-54(44,55)6)39-26-32-16-8-9-17-33(32)27-46(39)57-35-22-23-37-36-18-10-12-20-42(36)53(4,5)43(37)30-35/h8-13,16-23,26-31,57H,14-15,24-25H2,1-7H3. The Morgan fingerprint density at radius 3 is 2.19 bits per heavy atom. The third-order valence-electron chi connectivity index (χ3n) is 15.3. The van der Waals surface area contributed by atoms with Crippen LogP contribution in [-0.4, -0.2) is 12.8 Å². The van der Waals surface area contributed by atoms with Gasteiger partial charge < -0.3 is 14.6 Å². The fraction of sp³-hybridized carbons (Fsp3) is 0.273. The Balaban J connectivity index is 1.14. The molecule has 7 aromatic carbocycles. The van der Waals surface area contributed by atoms with E-state index in [9.17, 15) is 0 Å². The Bertz CT molecular complexity index is 3130. The van der Waals surface area contributed by atoms with E-state index in [2.05, 4.69) is 187 Å². The van der Waals surface area contributed by atoms with Gasteiger partial charge in [0.2, 0.25) is 0 Å². The third-order valence-corrected chi connectivity index (χ3v) is 15.3. The number of hydrogen-bond acceptors (Lipinski definition) is 3. The third kappa shape index (κ3) is 4.66. The van der Waals surface area contributed by atoms with E-state index in [0.717, 1.165) is 34.3 Å².